The predicted octanol–water partition coefficient (Wildman–Crippen LogP) is 2.73. The molecule has 0 aliphatic heterocycles. The minimum absolute atomic E-state index is 0.0000772. The first kappa shape index (κ1) is 26.7. The van der Waals surface area contributed by atoms with Crippen LogP contribution in [0.4, 0.5) is 0 Å². The number of H-pyrrole nitrogens is 1. The van der Waals surface area contributed by atoms with Gasteiger partial charge in [0.2, 0.25) is 11.6 Å². The summed E-state index contributed by atoms with van der Waals surface area (Å²) in [4.78, 5) is 49.1. The minimum atomic E-state index is -1.03. The van der Waals surface area contributed by atoms with Gasteiger partial charge in [-0.1, -0.05) is 50.9 Å². The molecular formula is C22H20Cl2N6O6. The third kappa shape index (κ3) is 5.48. The second-order valence-corrected chi connectivity index (χ2v) is 8.94. The molecule has 188 valence electrons. The number of rotatable bonds is 7. The van der Waals surface area contributed by atoms with Crippen LogP contribution >= 0.6 is 23.2 Å². The molecule has 3 rings (SSSR count). The molecule has 1 N–H and O–H groups in total. The number of benzene rings is 1. The summed E-state index contributed by atoms with van der Waals surface area (Å²) in [7, 11) is 0. The summed E-state index contributed by atoms with van der Waals surface area (Å²) < 4.78 is 11.9. The molecule has 0 saturated carbocycles. The van der Waals surface area contributed by atoms with Crippen LogP contribution in [0.3, 0.4) is 0 Å². The molecule has 3 aromatic rings. The van der Waals surface area contributed by atoms with Crippen LogP contribution in [0.1, 0.15) is 44.9 Å². The Labute approximate surface area is 213 Å². The van der Waals surface area contributed by atoms with E-state index in [1.165, 1.54) is 18.2 Å². The molecule has 0 bridgehead atoms. The molecule has 2 heterocycles. The van der Waals surface area contributed by atoms with Crippen LogP contribution in [0.2, 0.25) is 10.0 Å². The zero-order chi connectivity index (χ0) is 26.7. The lowest BCUT2D eigenvalue weighted by molar-refractivity contribution is -0.151. The van der Waals surface area contributed by atoms with Crippen LogP contribution in [-0.2, 0) is 16.3 Å². The number of carbonyl (C=O) groups is 1. The van der Waals surface area contributed by atoms with Gasteiger partial charge in [0.25, 0.3) is 11.1 Å². The number of hydrogen-bond acceptors (Lipinski definition) is 9. The number of ether oxygens (including phenoxy) is 2. The van der Waals surface area contributed by atoms with Gasteiger partial charge < -0.3 is 9.47 Å². The topological polar surface area (TPSA) is 162 Å². The van der Waals surface area contributed by atoms with Crippen molar-refractivity contribution in [1.82, 2.24) is 24.5 Å². The van der Waals surface area contributed by atoms with Crippen LogP contribution in [0.5, 0.6) is 11.6 Å². The lowest BCUT2D eigenvalue weighted by atomic mass is 10.1. The normalized spacial score (nSPS) is 11.0. The average molecular weight is 535 g/mol. The summed E-state index contributed by atoms with van der Waals surface area (Å²) in [5.41, 5.74) is -2.58. The lowest BCUT2D eigenvalue weighted by Crippen LogP contribution is -2.43. The van der Waals surface area contributed by atoms with Crippen molar-refractivity contribution in [2.24, 2.45) is 5.92 Å². The summed E-state index contributed by atoms with van der Waals surface area (Å²) in [6.07, 6.45) is 0. The highest BCUT2D eigenvalue weighted by Crippen LogP contribution is 2.37. The van der Waals surface area contributed by atoms with Crippen LogP contribution in [0.25, 0.3) is 5.69 Å². The highest BCUT2D eigenvalue weighted by Gasteiger charge is 2.20. The van der Waals surface area contributed by atoms with Crippen LogP contribution in [0.15, 0.2) is 32.6 Å². The molecule has 0 fully saturated rings. The maximum absolute atomic E-state index is 13.0. The van der Waals surface area contributed by atoms with Gasteiger partial charge in [0.1, 0.15) is 6.07 Å². The Balaban J connectivity index is 2.05. The van der Waals surface area contributed by atoms with E-state index in [4.69, 9.17) is 32.7 Å². The quantitative estimate of drug-likeness (QED) is 0.448. The second kappa shape index (κ2) is 10.8. The molecule has 0 aliphatic rings. The van der Waals surface area contributed by atoms with E-state index in [2.05, 4.69) is 15.3 Å². The maximum Gasteiger partial charge on any atom is 0.355 e. The van der Waals surface area contributed by atoms with Gasteiger partial charge in [-0.3, -0.25) is 14.4 Å². The van der Waals surface area contributed by atoms with Crippen LogP contribution < -0.4 is 21.5 Å². The first-order valence-electron chi connectivity index (χ1n) is 10.5. The van der Waals surface area contributed by atoms with E-state index >= 15 is 0 Å². The zero-order valence-electron chi connectivity index (χ0n) is 19.5. The van der Waals surface area contributed by atoms with E-state index in [0.717, 1.165) is 4.68 Å². The van der Waals surface area contributed by atoms with Gasteiger partial charge in [-0.05, 0) is 18.1 Å². The number of carbonyl (C=O) groups excluding carboxylic acids is 1. The number of nitrogens with zero attached hydrogens (tertiary/aromatic N) is 5. The predicted molar refractivity (Wildman–Crippen MR) is 129 cm³/mol. The molecule has 0 radical (unpaired) electrons. The van der Waals surface area contributed by atoms with E-state index in [1.807, 2.05) is 13.8 Å². The Bertz CT molecular complexity index is 1530. The van der Waals surface area contributed by atoms with Crippen molar-refractivity contribution in [3.63, 3.8) is 0 Å². The van der Waals surface area contributed by atoms with Gasteiger partial charge in [0.05, 0.1) is 21.7 Å². The molecular weight excluding hydrogens is 515 g/mol. The molecule has 0 aliphatic carbocycles. The standard InChI is InChI=1S/C22H20Cl2N6O6/c1-10(2)13-7-17(26-27-19(13)31)36-18-14(23)5-12(6-15(18)24)30-22(34)29(9-35-21(33)11(3)4)20(32)16(8-25)28-30/h5-7,10-11H,9H2,1-4H3,(H,27,31). The molecule has 0 saturated heterocycles. The Morgan fingerprint density at radius 2 is 1.78 bits per heavy atom. The lowest BCUT2D eigenvalue weighted by Gasteiger charge is -2.14. The third-order valence-electron chi connectivity index (χ3n) is 4.84. The van der Waals surface area contributed by atoms with E-state index in [-0.39, 0.29) is 38.8 Å². The van der Waals surface area contributed by atoms with Crippen LogP contribution in [-0.4, -0.2) is 30.5 Å². The molecule has 0 unspecified atom stereocenters. The summed E-state index contributed by atoms with van der Waals surface area (Å²) in [6.45, 7) is 6.09. The van der Waals surface area contributed by atoms with E-state index < -0.39 is 35.6 Å². The SMILES string of the molecule is CC(C)C(=O)OCn1c(=O)c(C#N)nn(-c2cc(Cl)c(Oc3cc(C(C)C)c(=O)[nH]n3)c(Cl)c2)c1=O. The van der Waals surface area contributed by atoms with Crippen molar-refractivity contribution in [3.8, 4) is 23.4 Å². The smallest absolute Gasteiger partial charge is 0.355 e. The van der Waals surface area contributed by atoms with Crippen molar-refractivity contribution in [2.45, 2.75) is 40.3 Å². The second-order valence-electron chi connectivity index (χ2n) is 8.12. The first-order valence-corrected chi connectivity index (χ1v) is 11.3. The Morgan fingerprint density at radius 3 is 2.33 bits per heavy atom. The number of halogens is 2. The number of aromatic nitrogens is 5. The molecule has 0 spiro atoms. The third-order valence-corrected chi connectivity index (χ3v) is 5.40. The molecule has 1 aromatic carbocycles. The number of aromatic amines is 1. The number of esters is 1. The number of hydrogen-bond donors (Lipinski definition) is 1. The fourth-order valence-electron chi connectivity index (χ4n) is 2.91. The van der Waals surface area contributed by atoms with E-state index in [0.29, 0.717) is 10.1 Å². The molecule has 14 heteroatoms. The maximum atomic E-state index is 13.0. The van der Waals surface area contributed by atoms with Gasteiger partial charge in [0, 0.05) is 11.6 Å². The highest BCUT2D eigenvalue weighted by molar-refractivity contribution is 6.37. The zero-order valence-corrected chi connectivity index (χ0v) is 21.0. The fraction of sp³-hybridized carbons (Fsp3) is 0.318. The summed E-state index contributed by atoms with van der Waals surface area (Å²) >= 11 is 12.7. The minimum Gasteiger partial charge on any atom is -0.443 e. The summed E-state index contributed by atoms with van der Waals surface area (Å²) in [5.74, 6) is -1.25. The van der Waals surface area contributed by atoms with Crippen molar-refractivity contribution >= 4 is 29.2 Å². The molecule has 0 atom stereocenters. The van der Waals surface area contributed by atoms with Gasteiger partial charge in [-0.25, -0.2) is 14.5 Å². The average Bonchev–Trinajstić information content (AvgIpc) is 2.81. The Kier molecular flexibility index (Phi) is 7.96. The van der Waals surface area contributed by atoms with E-state index in [9.17, 15) is 24.4 Å². The van der Waals surface area contributed by atoms with Gasteiger partial charge in [-0.15, -0.1) is 10.2 Å². The largest absolute Gasteiger partial charge is 0.443 e. The number of nitriles is 1. The monoisotopic (exact) mass is 534 g/mol. The summed E-state index contributed by atoms with van der Waals surface area (Å²) in [6, 6.07) is 5.58. The van der Waals surface area contributed by atoms with Crippen molar-refractivity contribution in [2.75, 3.05) is 0 Å². The van der Waals surface area contributed by atoms with Crippen LogP contribution in [0, 0.1) is 17.2 Å². The fourth-order valence-corrected chi connectivity index (χ4v) is 3.47. The molecule has 12 nitrogen and oxygen atoms in total. The molecule has 36 heavy (non-hydrogen) atoms. The molecule has 2 aromatic heterocycles. The Hall–Kier alpha value is -3.95. The van der Waals surface area contributed by atoms with Crippen molar-refractivity contribution in [3.05, 3.63) is 70.7 Å². The van der Waals surface area contributed by atoms with E-state index in [1.54, 1.807) is 19.9 Å². The highest BCUT2D eigenvalue weighted by atomic mass is 35.5. The summed E-state index contributed by atoms with van der Waals surface area (Å²) in [5, 5.41) is 19.1. The number of nitrogens with one attached hydrogen (secondary N) is 1. The van der Waals surface area contributed by atoms with Gasteiger partial charge >= 0.3 is 11.7 Å². The molecule has 0 amide bonds. The Morgan fingerprint density at radius 1 is 1.14 bits per heavy atom. The van der Waals surface area contributed by atoms with Gasteiger partial charge in [-0.2, -0.15) is 9.94 Å². The van der Waals surface area contributed by atoms with Crippen molar-refractivity contribution < 1.29 is 14.3 Å². The van der Waals surface area contributed by atoms with Gasteiger partial charge in [0.15, 0.2) is 12.5 Å². The first-order chi connectivity index (χ1) is 16.9. The van der Waals surface area contributed by atoms with Crippen molar-refractivity contribution in [1.29, 1.82) is 5.26 Å².